The highest BCUT2D eigenvalue weighted by Gasteiger charge is 2.35. The van der Waals surface area contributed by atoms with Crippen molar-refractivity contribution in [1.82, 2.24) is 9.62 Å². The molecule has 0 radical (unpaired) electrons. The van der Waals surface area contributed by atoms with Crippen LogP contribution in [0.5, 0.6) is 0 Å². The molecule has 3 rings (SSSR count). The Labute approximate surface area is 163 Å². The number of carbonyl (C=O) groups excluding carboxylic acids is 1. The van der Waals surface area contributed by atoms with Crippen molar-refractivity contribution < 1.29 is 13.2 Å². The molecule has 2 atom stereocenters. The van der Waals surface area contributed by atoms with Crippen molar-refractivity contribution in [2.45, 2.75) is 69.2 Å². The Morgan fingerprint density at radius 2 is 1.78 bits per heavy atom. The molecular weight excluding hydrogens is 360 g/mol. The van der Waals surface area contributed by atoms with Crippen LogP contribution in [-0.4, -0.2) is 37.8 Å². The van der Waals surface area contributed by atoms with Gasteiger partial charge in [-0.1, -0.05) is 50.8 Å². The van der Waals surface area contributed by atoms with Crippen molar-refractivity contribution in [3.05, 3.63) is 30.3 Å². The number of hydrogen-bond donors (Lipinski definition) is 1. The van der Waals surface area contributed by atoms with E-state index >= 15 is 0 Å². The maximum atomic E-state index is 12.9. The molecule has 1 N–H and O–H groups in total. The monoisotopic (exact) mass is 392 g/mol. The summed E-state index contributed by atoms with van der Waals surface area (Å²) in [5, 5.41) is 3.21. The fraction of sp³-hybridized carbons (Fsp3) is 0.667. The molecule has 6 heteroatoms. The van der Waals surface area contributed by atoms with E-state index < -0.39 is 10.0 Å². The van der Waals surface area contributed by atoms with Gasteiger partial charge in [0.1, 0.15) is 0 Å². The third-order valence-electron chi connectivity index (χ3n) is 6.18. The minimum absolute atomic E-state index is 0.143. The van der Waals surface area contributed by atoms with Crippen LogP contribution in [0, 0.1) is 11.8 Å². The van der Waals surface area contributed by atoms with Crippen LogP contribution in [0.15, 0.2) is 35.2 Å². The number of benzene rings is 1. The standard InChI is InChI=1S/C21H32N2O3S/c1-2-17-16-23(27(25,26)20-11-7-4-8-12-20)14-13-18(17)15-21(24)22-19-9-5-3-6-10-19/h4,7-8,11-12,17-19H,2-3,5-6,9-10,13-16H2,1H3,(H,22,24)/t17-,18+/m1/s1. The van der Waals surface area contributed by atoms with E-state index in [0.717, 1.165) is 25.7 Å². The van der Waals surface area contributed by atoms with E-state index in [1.807, 2.05) is 6.07 Å². The van der Waals surface area contributed by atoms with Gasteiger partial charge in [-0.15, -0.1) is 0 Å². The Hall–Kier alpha value is -1.40. The van der Waals surface area contributed by atoms with Crippen molar-refractivity contribution in [1.29, 1.82) is 0 Å². The molecule has 0 bridgehead atoms. The van der Waals surface area contributed by atoms with E-state index in [2.05, 4.69) is 12.2 Å². The Morgan fingerprint density at radius 3 is 2.44 bits per heavy atom. The molecule has 1 aliphatic heterocycles. The van der Waals surface area contributed by atoms with Crippen LogP contribution in [0.3, 0.4) is 0 Å². The van der Waals surface area contributed by atoms with Gasteiger partial charge in [0, 0.05) is 25.6 Å². The van der Waals surface area contributed by atoms with Crippen LogP contribution in [-0.2, 0) is 14.8 Å². The average molecular weight is 393 g/mol. The lowest BCUT2D eigenvalue weighted by Crippen LogP contribution is -2.45. The molecule has 1 saturated carbocycles. The lowest BCUT2D eigenvalue weighted by Gasteiger charge is -2.37. The third kappa shape index (κ3) is 5.11. The Kier molecular flexibility index (Phi) is 6.93. The molecule has 1 amide bonds. The number of nitrogens with one attached hydrogen (secondary N) is 1. The molecule has 5 nitrogen and oxygen atoms in total. The largest absolute Gasteiger partial charge is 0.353 e. The second-order valence-electron chi connectivity index (χ2n) is 8.00. The van der Waals surface area contributed by atoms with Gasteiger partial charge >= 0.3 is 0 Å². The normalized spacial score (nSPS) is 25.2. The van der Waals surface area contributed by atoms with E-state index in [1.54, 1.807) is 28.6 Å². The first kappa shape index (κ1) is 20.3. The van der Waals surface area contributed by atoms with Crippen molar-refractivity contribution in [2.24, 2.45) is 11.8 Å². The highest BCUT2D eigenvalue weighted by atomic mass is 32.2. The van der Waals surface area contributed by atoms with Gasteiger partial charge in [-0.2, -0.15) is 4.31 Å². The minimum Gasteiger partial charge on any atom is -0.353 e. The summed E-state index contributed by atoms with van der Waals surface area (Å²) in [7, 11) is -3.45. The van der Waals surface area contributed by atoms with E-state index in [9.17, 15) is 13.2 Å². The van der Waals surface area contributed by atoms with Crippen LogP contribution in [0.25, 0.3) is 0 Å². The molecule has 150 valence electrons. The second-order valence-corrected chi connectivity index (χ2v) is 9.94. The third-order valence-corrected chi connectivity index (χ3v) is 8.06. The van der Waals surface area contributed by atoms with Crippen LogP contribution in [0.4, 0.5) is 0 Å². The van der Waals surface area contributed by atoms with Crippen LogP contribution < -0.4 is 5.32 Å². The quantitative estimate of drug-likeness (QED) is 0.805. The van der Waals surface area contributed by atoms with Gasteiger partial charge in [-0.25, -0.2) is 8.42 Å². The molecule has 0 aromatic heterocycles. The number of hydrogen-bond acceptors (Lipinski definition) is 3. The molecule has 27 heavy (non-hydrogen) atoms. The Balaban J connectivity index is 1.58. The first-order chi connectivity index (χ1) is 13.0. The highest BCUT2D eigenvalue weighted by molar-refractivity contribution is 7.89. The van der Waals surface area contributed by atoms with Crippen molar-refractivity contribution >= 4 is 15.9 Å². The zero-order valence-corrected chi connectivity index (χ0v) is 17.1. The molecule has 1 aromatic rings. The summed E-state index contributed by atoms with van der Waals surface area (Å²) < 4.78 is 27.4. The number of piperidine rings is 1. The molecular formula is C21H32N2O3S. The number of amides is 1. The van der Waals surface area contributed by atoms with Gasteiger partial charge in [0.05, 0.1) is 4.90 Å². The second kappa shape index (κ2) is 9.20. The average Bonchev–Trinajstić information content (AvgIpc) is 2.69. The zero-order chi connectivity index (χ0) is 19.3. The minimum atomic E-state index is -3.45. The summed E-state index contributed by atoms with van der Waals surface area (Å²) in [6.07, 6.45) is 8.04. The lowest BCUT2D eigenvalue weighted by atomic mass is 9.82. The number of carbonyl (C=O) groups is 1. The van der Waals surface area contributed by atoms with E-state index in [0.29, 0.717) is 30.4 Å². The number of sulfonamides is 1. The predicted molar refractivity (Wildman–Crippen MR) is 107 cm³/mol. The van der Waals surface area contributed by atoms with E-state index in [-0.39, 0.29) is 17.7 Å². The van der Waals surface area contributed by atoms with Crippen molar-refractivity contribution in [2.75, 3.05) is 13.1 Å². The molecule has 0 unspecified atom stereocenters. The summed E-state index contributed by atoms with van der Waals surface area (Å²) in [5.74, 6) is 0.639. The van der Waals surface area contributed by atoms with Crippen LogP contribution in [0.1, 0.15) is 58.3 Å². The summed E-state index contributed by atoms with van der Waals surface area (Å²) in [4.78, 5) is 12.9. The molecule has 2 aliphatic rings. The summed E-state index contributed by atoms with van der Waals surface area (Å²) in [6, 6.07) is 8.98. The zero-order valence-electron chi connectivity index (χ0n) is 16.3. The Bertz CT molecular complexity index is 714. The van der Waals surface area contributed by atoms with Gasteiger partial charge in [-0.05, 0) is 43.2 Å². The molecule has 0 spiro atoms. The molecule has 1 aliphatic carbocycles. The Morgan fingerprint density at radius 1 is 1.07 bits per heavy atom. The van der Waals surface area contributed by atoms with Gasteiger partial charge in [0.15, 0.2) is 0 Å². The molecule has 1 aromatic carbocycles. The van der Waals surface area contributed by atoms with Gasteiger partial charge in [0.2, 0.25) is 15.9 Å². The fourth-order valence-corrected chi connectivity index (χ4v) is 6.04. The lowest BCUT2D eigenvalue weighted by molar-refractivity contribution is -0.123. The summed E-state index contributed by atoms with van der Waals surface area (Å²) in [6.45, 7) is 3.10. The fourth-order valence-electron chi connectivity index (χ4n) is 4.51. The van der Waals surface area contributed by atoms with Crippen LogP contribution in [0.2, 0.25) is 0 Å². The van der Waals surface area contributed by atoms with E-state index in [4.69, 9.17) is 0 Å². The topological polar surface area (TPSA) is 66.5 Å². The van der Waals surface area contributed by atoms with Gasteiger partial charge < -0.3 is 5.32 Å². The maximum absolute atomic E-state index is 12.9. The smallest absolute Gasteiger partial charge is 0.243 e. The highest BCUT2D eigenvalue weighted by Crippen LogP contribution is 2.32. The van der Waals surface area contributed by atoms with E-state index in [1.165, 1.54) is 19.3 Å². The molecule has 1 saturated heterocycles. The van der Waals surface area contributed by atoms with Crippen LogP contribution >= 0.6 is 0 Å². The SMILES string of the molecule is CC[C@@H]1CN(S(=O)(=O)c2ccccc2)CC[C@H]1CC(=O)NC1CCCCC1. The van der Waals surface area contributed by atoms with Crippen molar-refractivity contribution in [3.63, 3.8) is 0 Å². The van der Waals surface area contributed by atoms with Crippen molar-refractivity contribution in [3.8, 4) is 0 Å². The van der Waals surface area contributed by atoms with Gasteiger partial charge in [0.25, 0.3) is 0 Å². The maximum Gasteiger partial charge on any atom is 0.243 e. The number of rotatable bonds is 6. The van der Waals surface area contributed by atoms with Gasteiger partial charge in [-0.3, -0.25) is 4.79 Å². The first-order valence-corrected chi connectivity index (χ1v) is 11.8. The molecule has 1 heterocycles. The number of nitrogens with zero attached hydrogens (tertiary/aromatic N) is 1. The summed E-state index contributed by atoms with van der Waals surface area (Å²) >= 11 is 0. The predicted octanol–water partition coefficient (Wildman–Crippen LogP) is 3.56. The first-order valence-electron chi connectivity index (χ1n) is 10.3. The molecule has 2 fully saturated rings. The summed E-state index contributed by atoms with van der Waals surface area (Å²) in [5.41, 5.74) is 0.